The molecular formula is C36H33Cl4F4I2N5O7. The highest BCUT2D eigenvalue weighted by molar-refractivity contribution is 14.1. The lowest BCUT2D eigenvalue weighted by atomic mass is 10.1. The van der Waals surface area contributed by atoms with Crippen LogP contribution in [0.4, 0.5) is 40.3 Å². The molecule has 0 radical (unpaired) electrons. The molecule has 1 unspecified atom stereocenters. The molecule has 58 heavy (non-hydrogen) atoms. The zero-order valence-corrected chi connectivity index (χ0v) is 37.3. The van der Waals surface area contributed by atoms with Crippen molar-refractivity contribution >= 4 is 126 Å². The Morgan fingerprint density at radius 3 is 1.66 bits per heavy atom. The van der Waals surface area contributed by atoms with E-state index in [9.17, 15) is 32.3 Å². The van der Waals surface area contributed by atoms with Gasteiger partial charge in [-0.3, -0.25) is 24.2 Å². The third-order valence-electron chi connectivity index (χ3n) is 7.76. The Balaban J connectivity index is 0.000000262. The molecule has 1 aliphatic heterocycles. The minimum absolute atomic E-state index is 0.0748. The number of anilines is 4. The highest BCUT2D eigenvalue weighted by Crippen LogP contribution is 2.35. The van der Waals surface area contributed by atoms with Gasteiger partial charge in [-0.05, 0) is 93.7 Å². The summed E-state index contributed by atoms with van der Waals surface area (Å²) in [6.07, 6.45) is -0.870. The molecule has 1 heterocycles. The number of methoxy groups -OCH3 is 1. The van der Waals surface area contributed by atoms with Crippen LogP contribution in [0.15, 0.2) is 48.5 Å². The van der Waals surface area contributed by atoms with E-state index >= 15 is 0 Å². The Morgan fingerprint density at radius 1 is 0.741 bits per heavy atom. The van der Waals surface area contributed by atoms with Crippen molar-refractivity contribution in [2.45, 2.75) is 6.10 Å². The molecule has 1 saturated heterocycles. The van der Waals surface area contributed by atoms with Crippen molar-refractivity contribution in [3.8, 4) is 0 Å². The standard InChI is InChI=1S/C20H20Cl2F2IN3O4.C16H13Cl2F2IN2O3/c21-14-7-11(25)1-2-16(14)26-19-13(8-15(22)17(23)18(19)24)20(30)27-32-10-12(29)9-28-3-5-31-6-4-28;1-25-4-5-26-23-16(24)9-7-11(18)13(19)14(20)15(9)22-12-3-2-8(21)6-10(12)17/h1-2,7-8,12,26,29H,3-6,9-10H2,(H,27,30);2-3,6-7,22H,4-5H2,1H3,(H,23,24). The van der Waals surface area contributed by atoms with E-state index in [1.807, 2.05) is 4.90 Å². The van der Waals surface area contributed by atoms with Crippen LogP contribution in [-0.4, -0.2) is 87.7 Å². The first-order valence-corrected chi connectivity index (χ1v) is 20.4. The monoisotopic (exact) mass is 1120 g/mol. The first-order chi connectivity index (χ1) is 27.6. The van der Waals surface area contributed by atoms with Crippen LogP contribution < -0.4 is 21.6 Å². The number of halogens is 10. The van der Waals surface area contributed by atoms with E-state index < -0.39 is 62.6 Å². The summed E-state index contributed by atoms with van der Waals surface area (Å²) in [5.41, 5.74) is 3.39. The van der Waals surface area contributed by atoms with Crippen molar-refractivity contribution in [3.63, 3.8) is 0 Å². The summed E-state index contributed by atoms with van der Waals surface area (Å²) in [6, 6.07) is 11.8. The third kappa shape index (κ3) is 13.8. The number of rotatable bonds is 15. The average Bonchev–Trinajstić information content (AvgIpc) is 3.18. The van der Waals surface area contributed by atoms with E-state index in [1.165, 1.54) is 7.11 Å². The van der Waals surface area contributed by atoms with Crippen LogP contribution in [-0.2, 0) is 19.1 Å². The van der Waals surface area contributed by atoms with E-state index in [0.29, 0.717) is 38.5 Å². The zero-order valence-electron chi connectivity index (χ0n) is 30.0. The fourth-order valence-electron chi connectivity index (χ4n) is 4.93. The second-order valence-corrected chi connectivity index (χ2v) is 16.0. The molecule has 1 atom stereocenters. The summed E-state index contributed by atoms with van der Waals surface area (Å²) in [5.74, 6) is -6.94. The van der Waals surface area contributed by atoms with E-state index in [4.69, 9.17) is 65.6 Å². The number of carbonyl (C=O) groups excluding carboxylic acids is 2. The van der Waals surface area contributed by atoms with Gasteiger partial charge in [0.15, 0.2) is 23.3 Å². The number of carbonyl (C=O) groups is 2. The predicted octanol–water partition coefficient (Wildman–Crippen LogP) is 8.90. The van der Waals surface area contributed by atoms with Gasteiger partial charge >= 0.3 is 0 Å². The van der Waals surface area contributed by atoms with Gasteiger partial charge in [-0.25, -0.2) is 28.5 Å². The van der Waals surface area contributed by atoms with Crippen LogP contribution in [0.25, 0.3) is 0 Å². The molecule has 0 spiro atoms. The fourth-order valence-corrected chi connectivity index (χ4v) is 7.12. The summed E-state index contributed by atoms with van der Waals surface area (Å²) in [7, 11) is 1.47. The fraction of sp³-hybridized carbons (Fsp3) is 0.278. The maximum Gasteiger partial charge on any atom is 0.277 e. The number of aliphatic hydroxyl groups excluding tert-OH is 1. The molecular weight excluding hydrogens is 1090 g/mol. The predicted molar refractivity (Wildman–Crippen MR) is 230 cm³/mol. The van der Waals surface area contributed by atoms with Crippen molar-refractivity contribution in [3.05, 3.63) is 110 Å². The molecule has 314 valence electrons. The molecule has 1 fully saturated rings. The second kappa shape index (κ2) is 23.5. The lowest BCUT2D eigenvalue weighted by Gasteiger charge is -2.28. The molecule has 22 heteroatoms. The first kappa shape index (κ1) is 48.2. The van der Waals surface area contributed by atoms with Crippen molar-refractivity contribution < 1.29 is 51.4 Å². The third-order valence-corrected chi connectivity index (χ3v) is 10.3. The van der Waals surface area contributed by atoms with Crippen LogP contribution in [0.5, 0.6) is 0 Å². The Labute approximate surface area is 377 Å². The van der Waals surface area contributed by atoms with Crippen molar-refractivity contribution in [1.82, 2.24) is 15.9 Å². The number of β-amino-alcohol motifs (C(OH)–C–C–N with tert-alkyl or cyclic N) is 1. The Kier molecular flexibility index (Phi) is 19.5. The number of benzene rings is 4. The number of aliphatic hydroxyl groups is 1. The molecule has 0 saturated carbocycles. The Morgan fingerprint density at radius 2 is 1.21 bits per heavy atom. The van der Waals surface area contributed by atoms with Gasteiger partial charge in [0.25, 0.3) is 11.8 Å². The van der Waals surface area contributed by atoms with Crippen LogP contribution in [0.1, 0.15) is 20.7 Å². The summed E-state index contributed by atoms with van der Waals surface area (Å²) >= 11 is 27.8. The highest BCUT2D eigenvalue weighted by atomic mass is 127. The summed E-state index contributed by atoms with van der Waals surface area (Å²) in [4.78, 5) is 36.9. The molecule has 0 bridgehead atoms. The lowest BCUT2D eigenvalue weighted by Crippen LogP contribution is -2.42. The van der Waals surface area contributed by atoms with E-state index in [-0.39, 0.29) is 46.7 Å². The number of ether oxygens (including phenoxy) is 2. The number of amides is 2. The molecule has 1 aliphatic rings. The van der Waals surface area contributed by atoms with Crippen molar-refractivity contribution in [2.24, 2.45) is 0 Å². The molecule has 4 aromatic rings. The summed E-state index contributed by atoms with van der Waals surface area (Å²) in [5, 5.41) is 14.8. The topological polar surface area (TPSA) is 143 Å². The molecule has 0 aromatic heterocycles. The molecule has 5 rings (SSSR count). The highest BCUT2D eigenvalue weighted by Gasteiger charge is 2.25. The second-order valence-electron chi connectivity index (χ2n) is 11.9. The van der Waals surface area contributed by atoms with Crippen molar-refractivity contribution in [2.75, 3.05) is 70.4 Å². The molecule has 5 N–H and O–H groups in total. The van der Waals surface area contributed by atoms with Crippen LogP contribution >= 0.6 is 91.6 Å². The van der Waals surface area contributed by atoms with Crippen LogP contribution in [0, 0.1) is 30.4 Å². The minimum atomic E-state index is -1.34. The summed E-state index contributed by atoms with van der Waals surface area (Å²) in [6.45, 7) is 3.00. The van der Waals surface area contributed by atoms with Gasteiger partial charge in [-0.1, -0.05) is 46.4 Å². The van der Waals surface area contributed by atoms with Gasteiger partial charge in [0, 0.05) is 33.9 Å². The zero-order chi connectivity index (χ0) is 42.5. The number of nitrogens with zero attached hydrogens (tertiary/aromatic N) is 1. The van der Waals surface area contributed by atoms with E-state index in [0.717, 1.165) is 19.3 Å². The number of nitrogens with one attached hydrogen (secondary N) is 4. The number of hydroxylamine groups is 2. The molecule has 2 amide bonds. The van der Waals surface area contributed by atoms with Gasteiger partial charge in [-0.15, -0.1) is 0 Å². The Bertz CT molecular complexity index is 2090. The summed E-state index contributed by atoms with van der Waals surface area (Å²) < 4.78 is 68.8. The molecule has 4 aromatic carbocycles. The first-order valence-electron chi connectivity index (χ1n) is 16.7. The van der Waals surface area contributed by atoms with Gasteiger partial charge in [-0.2, -0.15) is 0 Å². The van der Waals surface area contributed by atoms with Crippen molar-refractivity contribution in [1.29, 1.82) is 0 Å². The maximum atomic E-state index is 14.6. The van der Waals surface area contributed by atoms with Gasteiger partial charge in [0.2, 0.25) is 0 Å². The minimum Gasteiger partial charge on any atom is -0.389 e. The number of hydrogen-bond donors (Lipinski definition) is 5. The number of morpholine rings is 1. The SMILES string of the molecule is COCCONC(=O)c1cc(Cl)c(F)c(F)c1Nc1ccc(I)cc1Cl.O=C(NOCC(O)CN1CCOCC1)c1cc(Cl)c(F)c(F)c1Nc1ccc(I)cc1Cl. The van der Waals surface area contributed by atoms with Gasteiger partial charge in [0.05, 0.1) is 86.5 Å². The normalized spacial score (nSPS) is 13.3. The van der Waals surface area contributed by atoms with E-state index in [2.05, 4.69) is 66.8 Å². The van der Waals surface area contributed by atoms with Crippen LogP contribution in [0.3, 0.4) is 0 Å². The number of hydrogen-bond acceptors (Lipinski definition) is 10. The smallest absolute Gasteiger partial charge is 0.277 e. The van der Waals surface area contributed by atoms with E-state index in [1.54, 1.807) is 36.4 Å². The largest absolute Gasteiger partial charge is 0.389 e. The molecule has 12 nitrogen and oxygen atoms in total. The Hall–Kier alpha value is -2.48. The van der Waals surface area contributed by atoms with Gasteiger partial charge in [0.1, 0.15) is 6.61 Å². The molecule has 0 aliphatic carbocycles. The maximum absolute atomic E-state index is 14.6. The lowest BCUT2D eigenvalue weighted by molar-refractivity contribution is -0.0363. The average molecular weight is 1120 g/mol. The van der Waals surface area contributed by atoms with Crippen LogP contribution in [0.2, 0.25) is 20.1 Å². The van der Waals surface area contributed by atoms with Gasteiger partial charge < -0.3 is 25.2 Å². The quantitative estimate of drug-likeness (QED) is 0.0258.